The van der Waals surface area contributed by atoms with Crippen molar-refractivity contribution in [3.8, 4) is 0 Å². The van der Waals surface area contributed by atoms with Gasteiger partial charge in [0.1, 0.15) is 0 Å². The second kappa shape index (κ2) is 5.18. The number of benzene rings is 1. The summed E-state index contributed by atoms with van der Waals surface area (Å²) in [5, 5.41) is 3.88. The van der Waals surface area contributed by atoms with Crippen LogP contribution in [0.3, 0.4) is 0 Å². The highest BCUT2D eigenvalue weighted by atomic mass is 19.4. The van der Waals surface area contributed by atoms with Crippen molar-refractivity contribution in [2.75, 3.05) is 10.2 Å². The van der Waals surface area contributed by atoms with Gasteiger partial charge in [-0.05, 0) is 51.5 Å². The van der Waals surface area contributed by atoms with Gasteiger partial charge >= 0.3 is 6.18 Å². The van der Waals surface area contributed by atoms with Gasteiger partial charge in [-0.1, -0.05) is 5.57 Å². The maximum atomic E-state index is 13.5. The molecule has 1 unspecified atom stereocenters. The van der Waals surface area contributed by atoms with Gasteiger partial charge < -0.3 is 10.2 Å². The van der Waals surface area contributed by atoms with Gasteiger partial charge in [0.25, 0.3) is 0 Å². The number of nitrogens with one attached hydrogen (secondary N) is 1. The molecule has 5 heteroatoms. The first-order valence-electron chi connectivity index (χ1n) is 7.53. The van der Waals surface area contributed by atoms with Gasteiger partial charge in [-0.3, -0.25) is 0 Å². The lowest BCUT2D eigenvalue weighted by Gasteiger charge is -2.23. The molecular formula is C18H19F3N2. The Morgan fingerprint density at radius 2 is 1.91 bits per heavy atom. The third-order valence-corrected chi connectivity index (χ3v) is 4.36. The van der Waals surface area contributed by atoms with Crippen molar-refractivity contribution in [2.24, 2.45) is 0 Å². The Labute approximate surface area is 133 Å². The number of allylic oxidation sites excluding steroid dienone is 2. The Balaban J connectivity index is 2.45. The van der Waals surface area contributed by atoms with Crippen molar-refractivity contribution in [3.63, 3.8) is 0 Å². The van der Waals surface area contributed by atoms with Gasteiger partial charge in [0.2, 0.25) is 0 Å². The minimum atomic E-state index is -4.38. The van der Waals surface area contributed by atoms with E-state index in [1.165, 1.54) is 6.20 Å². The summed E-state index contributed by atoms with van der Waals surface area (Å²) in [6.45, 7) is 7.89. The summed E-state index contributed by atoms with van der Waals surface area (Å²) in [5.74, 6) is 0. The smallest absolute Gasteiger partial charge is 0.361 e. The number of halogens is 3. The second-order valence-electron chi connectivity index (χ2n) is 6.24. The van der Waals surface area contributed by atoms with Crippen LogP contribution < -0.4 is 20.7 Å². The first kappa shape index (κ1) is 15.7. The molecule has 0 fully saturated rings. The van der Waals surface area contributed by atoms with E-state index in [0.717, 1.165) is 22.9 Å². The molecule has 0 saturated heterocycles. The monoisotopic (exact) mass is 320 g/mol. The van der Waals surface area contributed by atoms with Crippen LogP contribution in [0.5, 0.6) is 0 Å². The van der Waals surface area contributed by atoms with E-state index >= 15 is 0 Å². The number of hydrogen-bond acceptors (Lipinski definition) is 2. The highest BCUT2D eigenvalue weighted by Gasteiger charge is 2.36. The molecular weight excluding hydrogens is 301 g/mol. The van der Waals surface area contributed by atoms with Crippen LogP contribution in [0.4, 0.5) is 24.5 Å². The molecule has 0 radical (unpaired) electrons. The van der Waals surface area contributed by atoms with E-state index in [4.69, 9.17) is 0 Å². The van der Waals surface area contributed by atoms with Gasteiger partial charge in [-0.25, -0.2) is 0 Å². The van der Waals surface area contributed by atoms with Crippen molar-refractivity contribution in [1.82, 2.24) is 0 Å². The van der Waals surface area contributed by atoms with E-state index in [9.17, 15) is 13.2 Å². The van der Waals surface area contributed by atoms with E-state index < -0.39 is 11.7 Å². The lowest BCUT2D eigenvalue weighted by molar-refractivity contribution is -0.0690. The third kappa shape index (κ3) is 2.44. The summed E-state index contributed by atoms with van der Waals surface area (Å²) in [7, 11) is 0. The first-order chi connectivity index (χ1) is 10.7. The molecule has 2 aliphatic rings. The molecule has 2 nitrogen and oxygen atoms in total. The molecule has 122 valence electrons. The number of rotatable bonds is 1. The predicted octanol–water partition coefficient (Wildman–Crippen LogP) is 3.64. The van der Waals surface area contributed by atoms with Crippen LogP contribution in [-0.4, -0.2) is 12.2 Å². The summed E-state index contributed by atoms with van der Waals surface area (Å²) < 4.78 is 40.4. The summed E-state index contributed by atoms with van der Waals surface area (Å²) in [6.07, 6.45) is 0.0743. The molecule has 1 atom stereocenters. The van der Waals surface area contributed by atoms with E-state index in [1.54, 1.807) is 6.07 Å². The molecule has 3 rings (SSSR count). The Morgan fingerprint density at radius 1 is 1.22 bits per heavy atom. The lowest BCUT2D eigenvalue weighted by Crippen LogP contribution is -2.36. The number of fused-ring (bicyclic) bond motifs is 3. The van der Waals surface area contributed by atoms with Gasteiger partial charge in [-0.15, -0.1) is 0 Å². The summed E-state index contributed by atoms with van der Waals surface area (Å²) in [6, 6.07) is 3.65. The normalized spacial score (nSPS) is 19.4. The quantitative estimate of drug-likeness (QED) is 0.850. The zero-order valence-electron chi connectivity index (χ0n) is 13.5. The van der Waals surface area contributed by atoms with Crippen LogP contribution in [0.2, 0.25) is 0 Å². The maximum Gasteiger partial charge on any atom is 0.417 e. The van der Waals surface area contributed by atoms with Crippen LogP contribution >= 0.6 is 0 Å². The number of anilines is 2. The van der Waals surface area contributed by atoms with Gasteiger partial charge in [0.05, 0.1) is 11.6 Å². The zero-order chi connectivity index (χ0) is 16.9. The van der Waals surface area contributed by atoms with Crippen LogP contribution in [0, 0.1) is 0 Å². The van der Waals surface area contributed by atoms with Crippen molar-refractivity contribution in [1.29, 1.82) is 0 Å². The first-order valence-corrected chi connectivity index (χ1v) is 7.53. The molecule has 0 aliphatic carbocycles. The zero-order valence-corrected chi connectivity index (χ0v) is 13.5. The summed E-state index contributed by atoms with van der Waals surface area (Å²) in [5.41, 5.74) is 2.80. The van der Waals surface area contributed by atoms with Crippen LogP contribution in [-0.2, 0) is 0 Å². The van der Waals surface area contributed by atoms with Gasteiger partial charge in [-0.2, -0.15) is 13.2 Å². The minimum Gasteiger partial charge on any atom is -0.361 e. The highest BCUT2D eigenvalue weighted by Crippen LogP contribution is 2.31. The molecule has 0 amide bonds. The van der Waals surface area contributed by atoms with Crippen LogP contribution in [0.25, 0.3) is 11.1 Å². The average Bonchev–Trinajstić information content (AvgIpc) is 2.70. The Kier molecular flexibility index (Phi) is 3.54. The fourth-order valence-electron chi connectivity index (χ4n) is 3.23. The topological polar surface area (TPSA) is 15.3 Å². The maximum absolute atomic E-state index is 13.5. The highest BCUT2D eigenvalue weighted by molar-refractivity contribution is 5.80. The molecule has 0 aromatic heterocycles. The van der Waals surface area contributed by atoms with Crippen molar-refractivity contribution in [2.45, 2.75) is 39.9 Å². The van der Waals surface area contributed by atoms with Gasteiger partial charge in [0.15, 0.2) is 0 Å². The molecule has 0 saturated carbocycles. The van der Waals surface area contributed by atoms with E-state index in [2.05, 4.69) is 5.32 Å². The van der Waals surface area contributed by atoms with Crippen LogP contribution in [0.1, 0.15) is 27.7 Å². The molecule has 1 N–H and O–H groups in total. The fourth-order valence-corrected chi connectivity index (χ4v) is 3.23. The van der Waals surface area contributed by atoms with Crippen LogP contribution in [0.15, 0.2) is 36.2 Å². The Morgan fingerprint density at radius 3 is 2.52 bits per heavy atom. The molecule has 1 aromatic rings. The van der Waals surface area contributed by atoms with Crippen molar-refractivity contribution in [3.05, 3.63) is 46.6 Å². The Bertz CT molecular complexity index is 840. The third-order valence-electron chi connectivity index (χ3n) is 4.36. The summed E-state index contributed by atoms with van der Waals surface area (Å²) in [4.78, 5) is 2.05. The van der Waals surface area contributed by atoms with E-state index in [0.29, 0.717) is 10.9 Å². The number of alkyl halides is 3. The molecule has 0 spiro atoms. The molecule has 23 heavy (non-hydrogen) atoms. The minimum absolute atomic E-state index is 0.0341. The largest absolute Gasteiger partial charge is 0.417 e. The van der Waals surface area contributed by atoms with Crippen molar-refractivity contribution < 1.29 is 13.2 Å². The fraction of sp³-hybridized carbons (Fsp3) is 0.333. The number of hydrogen-bond donors (Lipinski definition) is 1. The molecule has 2 heterocycles. The van der Waals surface area contributed by atoms with Crippen molar-refractivity contribution >= 4 is 22.5 Å². The Hall–Kier alpha value is -2.17. The van der Waals surface area contributed by atoms with Gasteiger partial charge in [0, 0.05) is 34.2 Å². The molecule has 0 bridgehead atoms. The van der Waals surface area contributed by atoms with E-state index in [1.807, 2.05) is 44.9 Å². The molecule has 1 aromatic carbocycles. The second-order valence-corrected chi connectivity index (χ2v) is 6.24. The average molecular weight is 320 g/mol. The predicted molar refractivity (Wildman–Crippen MR) is 88.4 cm³/mol. The summed E-state index contributed by atoms with van der Waals surface area (Å²) >= 11 is 0. The standard InChI is InChI=1S/C18H19F3N2/c1-10(2)9-23-12(4)11(3)16-15(23)6-5-14-17(16)13(7-8-22-14)18(19,20)21/h5-9,12,22H,1-4H3. The SMILES string of the molecule is CC(C)=CN1c2ccc3c(c2=C(C)C1C)=C(C(F)(F)F)C=CN3. The lowest BCUT2D eigenvalue weighted by atomic mass is 10.0. The number of nitrogens with zero attached hydrogens (tertiary/aromatic N) is 1. The molecule has 2 aliphatic heterocycles. The van der Waals surface area contributed by atoms with E-state index in [-0.39, 0.29) is 11.3 Å².